The van der Waals surface area contributed by atoms with E-state index in [2.05, 4.69) is 5.32 Å². The van der Waals surface area contributed by atoms with Crippen molar-refractivity contribution in [3.63, 3.8) is 0 Å². The molecule has 0 aliphatic carbocycles. The van der Waals surface area contributed by atoms with E-state index in [-0.39, 0.29) is 31.0 Å². The third kappa shape index (κ3) is 8.27. The van der Waals surface area contributed by atoms with E-state index in [0.29, 0.717) is 23.7 Å². The molecule has 0 aliphatic heterocycles. The first-order chi connectivity index (χ1) is 17.9. The van der Waals surface area contributed by atoms with Gasteiger partial charge in [-0.3, -0.25) is 9.59 Å². The molecule has 0 bridgehead atoms. The Hall–Kier alpha value is -4.00. The lowest BCUT2D eigenvalue weighted by Gasteiger charge is -2.32. The number of hydrogen-bond donors (Lipinski definition) is 1. The molecule has 37 heavy (non-hydrogen) atoms. The fraction of sp³-hybridized carbons (Fsp3) is 0.333. The summed E-state index contributed by atoms with van der Waals surface area (Å²) < 4.78 is 16.4. The van der Waals surface area contributed by atoms with Crippen molar-refractivity contribution in [1.29, 1.82) is 0 Å². The van der Waals surface area contributed by atoms with Crippen LogP contribution in [0.25, 0.3) is 0 Å². The molecular weight excluding hydrogens is 468 g/mol. The molecule has 0 aromatic heterocycles. The van der Waals surface area contributed by atoms with E-state index in [4.69, 9.17) is 14.2 Å². The van der Waals surface area contributed by atoms with Gasteiger partial charge in [0.05, 0.1) is 14.2 Å². The summed E-state index contributed by atoms with van der Waals surface area (Å²) in [5.74, 6) is 1.43. The minimum Gasteiger partial charge on any atom is -0.497 e. The smallest absolute Gasteiger partial charge is 0.261 e. The predicted octanol–water partition coefficient (Wildman–Crippen LogP) is 4.64. The van der Waals surface area contributed by atoms with Crippen LogP contribution in [0.15, 0.2) is 78.9 Å². The lowest BCUT2D eigenvalue weighted by Crippen LogP contribution is -2.53. The van der Waals surface area contributed by atoms with Crippen LogP contribution in [-0.2, 0) is 22.6 Å². The standard InChI is InChI=1S/C30H36N2O5/c1-5-22(2)31-30(34)28(19-23-10-7-6-8-11-23)32(20-24-12-9-13-27(18-24)36-4)29(33)21-37-26-16-14-25(35-3)15-17-26/h6-18,22,28H,5,19-21H2,1-4H3,(H,31,34)/t22-,28+/m1/s1. The molecule has 2 amide bonds. The van der Waals surface area contributed by atoms with Crippen LogP contribution in [0.4, 0.5) is 0 Å². The maximum Gasteiger partial charge on any atom is 0.261 e. The highest BCUT2D eigenvalue weighted by atomic mass is 16.5. The molecule has 7 nitrogen and oxygen atoms in total. The molecule has 0 saturated heterocycles. The van der Waals surface area contributed by atoms with Gasteiger partial charge in [-0.25, -0.2) is 0 Å². The summed E-state index contributed by atoms with van der Waals surface area (Å²) >= 11 is 0. The summed E-state index contributed by atoms with van der Waals surface area (Å²) in [6, 6.07) is 23.5. The minimum absolute atomic E-state index is 0.0184. The van der Waals surface area contributed by atoms with E-state index in [0.717, 1.165) is 17.5 Å². The average Bonchev–Trinajstić information content (AvgIpc) is 2.94. The maximum absolute atomic E-state index is 13.7. The summed E-state index contributed by atoms with van der Waals surface area (Å²) in [4.78, 5) is 28.8. The average molecular weight is 505 g/mol. The molecule has 3 aromatic rings. The van der Waals surface area contributed by atoms with E-state index >= 15 is 0 Å². The highest BCUT2D eigenvalue weighted by Gasteiger charge is 2.31. The third-order valence-corrected chi connectivity index (χ3v) is 6.18. The van der Waals surface area contributed by atoms with Crippen LogP contribution in [-0.4, -0.2) is 49.6 Å². The summed E-state index contributed by atoms with van der Waals surface area (Å²) in [5, 5.41) is 3.07. The summed E-state index contributed by atoms with van der Waals surface area (Å²) in [7, 11) is 3.19. The molecular formula is C30H36N2O5. The van der Waals surface area contributed by atoms with Crippen molar-refractivity contribution in [3.8, 4) is 17.2 Å². The molecule has 0 aliphatic rings. The number of ether oxygens (including phenoxy) is 3. The van der Waals surface area contributed by atoms with Crippen LogP contribution >= 0.6 is 0 Å². The fourth-order valence-electron chi connectivity index (χ4n) is 3.86. The molecule has 0 radical (unpaired) electrons. The molecule has 0 heterocycles. The molecule has 7 heteroatoms. The zero-order valence-corrected chi connectivity index (χ0v) is 22.0. The number of nitrogens with one attached hydrogen (secondary N) is 1. The van der Waals surface area contributed by atoms with Gasteiger partial charge in [0.1, 0.15) is 23.3 Å². The van der Waals surface area contributed by atoms with Crippen LogP contribution < -0.4 is 19.5 Å². The van der Waals surface area contributed by atoms with Gasteiger partial charge in [-0.15, -0.1) is 0 Å². The van der Waals surface area contributed by atoms with Gasteiger partial charge in [0.25, 0.3) is 5.91 Å². The number of nitrogens with zero attached hydrogens (tertiary/aromatic N) is 1. The number of amides is 2. The molecule has 196 valence electrons. The molecule has 1 N–H and O–H groups in total. The van der Waals surface area contributed by atoms with E-state index < -0.39 is 6.04 Å². The lowest BCUT2D eigenvalue weighted by molar-refractivity contribution is -0.143. The quantitative estimate of drug-likeness (QED) is 0.367. The van der Waals surface area contributed by atoms with Crippen LogP contribution in [0.5, 0.6) is 17.2 Å². The van der Waals surface area contributed by atoms with Crippen LogP contribution in [0.3, 0.4) is 0 Å². The van der Waals surface area contributed by atoms with Gasteiger partial charge < -0.3 is 24.4 Å². The Morgan fingerprint density at radius 3 is 2.14 bits per heavy atom. The summed E-state index contributed by atoms with van der Waals surface area (Å²) in [6.07, 6.45) is 1.16. The van der Waals surface area contributed by atoms with E-state index in [1.807, 2.05) is 68.4 Å². The van der Waals surface area contributed by atoms with E-state index in [1.54, 1.807) is 43.4 Å². The zero-order valence-electron chi connectivity index (χ0n) is 22.0. The number of methoxy groups -OCH3 is 2. The first kappa shape index (κ1) is 27.6. The molecule has 0 spiro atoms. The summed E-state index contributed by atoms with van der Waals surface area (Å²) in [5.41, 5.74) is 1.82. The second-order valence-corrected chi connectivity index (χ2v) is 8.86. The lowest BCUT2D eigenvalue weighted by atomic mass is 10.0. The van der Waals surface area contributed by atoms with Crippen molar-refractivity contribution in [2.45, 2.75) is 45.3 Å². The van der Waals surface area contributed by atoms with Gasteiger partial charge >= 0.3 is 0 Å². The van der Waals surface area contributed by atoms with Gasteiger partial charge in [-0.2, -0.15) is 0 Å². The molecule has 0 fully saturated rings. The maximum atomic E-state index is 13.7. The van der Waals surface area contributed by atoms with Gasteiger partial charge in [0.2, 0.25) is 5.91 Å². The van der Waals surface area contributed by atoms with Gasteiger partial charge in [0.15, 0.2) is 6.61 Å². The molecule has 0 saturated carbocycles. The second-order valence-electron chi connectivity index (χ2n) is 8.86. The molecule has 0 unspecified atom stereocenters. The van der Waals surface area contributed by atoms with Crippen molar-refractivity contribution in [2.24, 2.45) is 0 Å². The topological polar surface area (TPSA) is 77.1 Å². The first-order valence-electron chi connectivity index (χ1n) is 12.5. The number of hydrogen-bond acceptors (Lipinski definition) is 5. The highest BCUT2D eigenvalue weighted by Crippen LogP contribution is 2.20. The van der Waals surface area contributed by atoms with Crippen molar-refractivity contribution < 1.29 is 23.8 Å². The number of carbonyl (C=O) groups is 2. The van der Waals surface area contributed by atoms with Gasteiger partial charge in [-0.1, -0.05) is 49.4 Å². The van der Waals surface area contributed by atoms with E-state index in [1.165, 1.54) is 0 Å². The number of rotatable bonds is 13. The molecule has 3 rings (SSSR count). The van der Waals surface area contributed by atoms with Gasteiger partial charge in [0, 0.05) is 19.0 Å². The number of carbonyl (C=O) groups excluding carboxylic acids is 2. The van der Waals surface area contributed by atoms with Crippen LogP contribution in [0.2, 0.25) is 0 Å². The largest absolute Gasteiger partial charge is 0.497 e. The Labute approximate surface area is 219 Å². The molecule has 2 atom stereocenters. The monoisotopic (exact) mass is 504 g/mol. The normalized spacial score (nSPS) is 12.2. The minimum atomic E-state index is -0.727. The van der Waals surface area contributed by atoms with Crippen LogP contribution in [0.1, 0.15) is 31.4 Å². The Balaban J connectivity index is 1.91. The second kappa shape index (κ2) is 13.9. The highest BCUT2D eigenvalue weighted by molar-refractivity contribution is 5.88. The number of benzene rings is 3. The van der Waals surface area contributed by atoms with Crippen molar-refractivity contribution in [2.75, 3.05) is 20.8 Å². The van der Waals surface area contributed by atoms with E-state index in [9.17, 15) is 9.59 Å². The Morgan fingerprint density at radius 1 is 0.838 bits per heavy atom. The Morgan fingerprint density at radius 2 is 1.49 bits per heavy atom. The van der Waals surface area contributed by atoms with Gasteiger partial charge in [-0.05, 0) is 60.9 Å². The fourth-order valence-corrected chi connectivity index (χ4v) is 3.86. The first-order valence-corrected chi connectivity index (χ1v) is 12.5. The van der Waals surface area contributed by atoms with Crippen molar-refractivity contribution in [1.82, 2.24) is 10.2 Å². The predicted molar refractivity (Wildman–Crippen MR) is 144 cm³/mol. The van der Waals surface area contributed by atoms with Crippen LogP contribution in [0, 0.1) is 0 Å². The zero-order chi connectivity index (χ0) is 26.6. The van der Waals surface area contributed by atoms with Crippen molar-refractivity contribution >= 4 is 11.8 Å². The van der Waals surface area contributed by atoms with Crippen molar-refractivity contribution in [3.05, 3.63) is 90.0 Å². The SMILES string of the molecule is CC[C@@H](C)NC(=O)[C@H](Cc1ccccc1)N(Cc1cccc(OC)c1)C(=O)COc1ccc(OC)cc1. The molecule has 3 aromatic carbocycles. The Bertz CT molecular complexity index is 1130. The third-order valence-electron chi connectivity index (χ3n) is 6.18. The Kier molecular flexibility index (Phi) is 10.4. The summed E-state index contributed by atoms with van der Waals surface area (Å²) in [6.45, 7) is 3.99.